The molecule has 2 aromatic rings. The molecule has 152 valence electrons. The maximum Gasteiger partial charge on any atom is 0.212 e. The minimum atomic E-state index is 0. The van der Waals surface area contributed by atoms with Gasteiger partial charge >= 0.3 is 0 Å². The van der Waals surface area contributed by atoms with Gasteiger partial charge in [0.2, 0.25) is 5.96 Å². The van der Waals surface area contributed by atoms with Gasteiger partial charge in [-0.2, -0.15) is 5.10 Å². The number of allylic oxidation sites excluding steroid dienone is 2. The lowest BCUT2D eigenvalue weighted by molar-refractivity contribution is 0.745. The Balaban J connectivity index is 0.00000300. The number of hydrogen-bond donors (Lipinski definition) is 2. The molecular formula is C22H23Cl2IN4. The summed E-state index contributed by atoms with van der Waals surface area (Å²) in [5, 5.41) is 9.18. The molecule has 0 unspecified atom stereocenters. The maximum absolute atomic E-state index is 5.95. The van der Waals surface area contributed by atoms with Gasteiger partial charge in [0.05, 0.1) is 5.71 Å². The summed E-state index contributed by atoms with van der Waals surface area (Å²) in [4.78, 5) is 4.46. The fourth-order valence-electron chi connectivity index (χ4n) is 2.52. The summed E-state index contributed by atoms with van der Waals surface area (Å²) in [5.74, 6) is 0.704. The number of nitrogens with zero attached hydrogens (tertiary/aromatic N) is 2. The van der Waals surface area contributed by atoms with Crippen LogP contribution < -0.4 is 10.7 Å². The van der Waals surface area contributed by atoms with Crippen LogP contribution in [-0.2, 0) is 0 Å². The van der Waals surface area contributed by atoms with Crippen LogP contribution in [0, 0.1) is 0 Å². The standard InChI is InChI=1S/C22H22Cl2N4.HI/c23-19-9-3-17(4-10-19)7-13-21(14-8-18-5-11-20(24)12-6-18)27-28-22-25-15-1-2-16-26-22;/h3-14H,1-2,15-16H2,(H2,25,26,28);1H. The molecule has 0 aliphatic carbocycles. The molecule has 0 amide bonds. The van der Waals surface area contributed by atoms with Gasteiger partial charge in [-0.1, -0.05) is 59.6 Å². The van der Waals surface area contributed by atoms with Crippen molar-refractivity contribution in [3.63, 3.8) is 0 Å². The Morgan fingerprint density at radius 1 is 0.897 bits per heavy atom. The first kappa shape index (κ1) is 23.4. The zero-order valence-corrected chi connectivity index (χ0v) is 19.7. The molecule has 0 bridgehead atoms. The molecule has 4 nitrogen and oxygen atoms in total. The van der Waals surface area contributed by atoms with Crippen LogP contribution in [-0.4, -0.2) is 24.8 Å². The van der Waals surface area contributed by atoms with Crippen molar-refractivity contribution in [2.24, 2.45) is 10.1 Å². The molecule has 0 aromatic heterocycles. The molecule has 0 saturated carbocycles. The lowest BCUT2D eigenvalue weighted by Gasteiger charge is -2.06. The van der Waals surface area contributed by atoms with E-state index < -0.39 is 0 Å². The third kappa shape index (κ3) is 8.60. The number of guanidine groups is 1. The first-order valence-corrected chi connectivity index (χ1v) is 9.94. The average Bonchev–Trinajstić information content (AvgIpc) is 2.99. The monoisotopic (exact) mass is 540 g/mol. The van der Waals surface area contributed by atoms with E-state index in [1.54, 1.807) is 0 Å². The average molecular weight is 541 g/mol. The SMILES string of the molecule is Clc1ccc(C=CC(C=Cc2ccc(Cl)cc2)=NNC2=NCCCCN2)cc1.I. The number of halogens is 3. The van der Waals surface area contributed by atoms with Crippen LogP contribution >= 0.6 is 47.2 Å². The van der Waals surface area contributed by atoms with Crippen molar-refractivity contribution in [1.29, 1.82) is 0 Å². The molecule has 29 heavy (non-hydrogen) atoms. The van der Waals surface area contributed by atoms with E-state index in [2.05, 4.69) is 20.8 Å². The van der Waals surface area contributed by atoms with E-state index in [0.29, 0.717) is 16.0 Å². The minimum Gasteiger partial charge on any atom is -0.355 e. The second-order valence-corrected chi connectivity index (χ2v) is 7.16. The van der Waals surface area contributed by atoms with E-state index >= 15 is 0 Å². The molecule has 0 radical (unpaired) electrons. The van der Waals surface area contributed by atoms with Gasteiger partial charge in [0.1, 0.15) is 0 Å². The molecule has 0 atom stereocenters. The third-order valence-electron chi connectivity index (χ3n) is 4.07. The predicted molar refractivity (Wildman–Crippen MR) is 136 cm³/mol. The van der Waals surface area contributed by atoms with Crippen molar-refractivity contribution in [1.82, 2.24) is 10.7 Å². The molecule has 1 aliphatic rings. The number of hydrazone groups is 1. The Hall–Kier alpha value is -1.83. The summed E-state index contributed by atoms with van der Waals surface area (Å²) in [6.07, 6.45) is 10.1. The molecular weight excluding hydrogens is 518 g/mol. The summed E-state index contributed by atoms with van der Waals surface area (Å²) in [6, 6.07) is 15.3. The highest BCUT2D eigenvalue weighted by Crippen LogP contribution is 2.12. The molecule has 3 rings (SSSR count). The van der Waals surface area contributed by atoms with Gasteiger partial charge in [0, 0.05) is 23.1 Å². The second kappa shape index (κ2) is 12.7. The summed E-state index contributed by atoms with van der Waals surface area (Å²) in [6.45, 7) is 1.71. The van der Waals surface area contributed by atoms with Gasteiger partial charge in [-0.15, -0.1) is 24.0 Å². The summed E-state index contributed by atoms with van der Waals surface area (Å²) in [5.41, 5.74) is 5.88. The second-order valence-electron chi connectivity index (χ2n) is 6.28. The number of aliphatic imine (C=N–C) groups is 1. The molecule has 0 saturated heterocycles. The van der Waals surface area contributed by atoms with Gasteiger partial charge in [0.15, 0.2) is 0 Å². The molecule has 1 aliphatic heterocycles. The fraction of sp³-hybridized carbons (Fsp3) is 0.182. The predicted octanol–water partition coefficient (Wildman–Crippen LogP) is 6.02. The van der Waals surface area contributed by atoms with E-state index in [0.717, 1.165) is 42.8 Å². The van der Waals surface area contributed by atoms with Crippen molar-refractivity contribution in [3.05, 3.63) is 81.9 Å². The Kier molecular flexibility index (Phi) is 10.2. The third-order valence-corrected chi connectivity index (χ3v) is 4.58. The quantitative estimate of drug-likeness (QED) is 0.276. The minimum absolute atomic E-state index is 0. The number of rotatable bonds is 5. The Labute approximate surface area is 198 Å². The van der Waals surface area contributed by atoms with Gasteiger partial charge in [-0.3, -0.25) is 4.99 Å². The van der Waals surface area contributed by atoms with E-state index in [1.165, 1.54) is 0 Å². The number of nitrogens with one attached hydrogen (secondary N) is 2. The van der Waals surface area contributed by atoms with E-state index in [-0.39, 0.29) is 24.0 Å². The molecule has 0 fully saturated rings. The van der Waals surface area contributed by atoms with Crippen molar-refractivity contribution >= 4 is 71.0 Å². The lowest BCUT2D eigenvalue weighted by Crippen LogP contribution is -2.34. The lowest BCUT2D eigenvalue weighted by atomic mass is 10.1. The molecule has 0 spiro atoms. The first-order chi connectivity index (χ1) is 13.7. The highest BCUT2D eigenvalue weighted by Gasteiger charge is 2.01. The van der Waals surface area contributed by atoms with Crippen LogP contribution in [0.4, 0.5) is 0 Å². The van der Waals surface area contributed by atoms with Crippen LogP contribution in [0.3, 0.4) is 0 Å². The van der Waals surface area contributed by atoms with Gasteiger partial charge in [-0.25, -0.2) is 5.43 Å². The van der Waals surface area contributed by atoms with Gasteiger partial charge in [0.25, 0.3) is 0 Å². The van der Waals surface area contributed by atoms with E-state index in [9.17, 15) is 0 Å². The van der Waals surface area contributed by atoms with Gasteiger partial charge in [-0.05, 0) is 60.4 Å². The summed E-state index contributed by atoms with van der Waals surface area (Å²) in [7, 11) is 0. The van der Waals surface area contributed by atoms with Crippen molar-refractivity contribution in [3.8, 4) is 0 Å². The van der Waals surface area contributed by atoms with Crippen LogP contribution in [0.5, 0.6) is 0 Å². The first-order valence-electron chi connectivity index (χ1n) is 9.18. The summed E-state index contributed by atoms with van der Waals surface area (Å²) < 4.78 is 0. The highest BCUT2D eigenvalue weighted by molar-refractivity contribution is 14.0. The van der Waals surface area contributed by atoms with Crippen molar-refractivity contribution in [2.45, 2.75) is 12.8 Å². The molecule has 1 heterocycles. The van der Waals surface area contributed by atoms with Crippen molar-refractivity contribution < 1.29 is 0 Å². The molecule has 7 heteroatoms. The smallest absolute Gasteiger partial charge is 0.212 e. The van der Waals surface area contributed by atoms with E-state index in [4.69, 9.17) is 23.2 Å². The number of hydrogen-bond acceptors (Lipinski definition) is 4. The Morgan fingerprint density at radius 3 is 2.00 bits per heavy atom. The maximum atomic E-state index is 5.95. The highest BCUT2D eigenvalue weighted by atomic mass is 127. The van der Waals surface area contributed by atoms with Crippen LogP contribution in [0.15, 0.2) is 70.8 Å². The van der Waals surface area contributed by atoms with E-state index in [1.807, 2.05) is 72.8 Å². The summed E-state index contributed by atoms with van der Waals surface area (Å²) >= 11 is 11.9. The Bertz CT molecular complexity index is 831. The van der Waals surface area contributed by atoms with Gasteiger partial charge < -0.3 is 5.32 Å². The topological polar surface area (TPSA) is 48.8 Å². The normalized spacial score (nSPS) is 13.9. The zero-order valence-electron chi connectivity index (χ0n) is 15.8. The van der Waals surface area contributed by atoms with Crippen molar-refractivity contribution in [2.75, 3.05) is 13.1 Å². The zero-order chi connectivity index (χ0) is 19.6. The Morgan fingerprint density at radius 2 is 1.45 bits per heavy atom. The molecule has 2 N–H and O–H groups in total. The fourth-order valence-corrected chi connectivity index (χ4v) is 2.78. The van der Waals surface area contributed by atoms with Crippen LogP contribution in [0.2, 0.25) is 10.0 Å². The number of benzene rings is 2. The van der Waals surface area contributed by atoms with Crippen LogP contribution in [0.1, 0.15) is 24.0 Å². The van der Waals surface area contributed by atoms with Crippen LogP contribution in [0.25, 0.3) is 12.2 Å². The molecule has 2 aromatic carbocycles. The largest absolute Gasteiger partial charge is 0.355 e.